The molecule has 2 heterocycles. The number of nitrogens with zero attached hydrogens (tertiary/aromatic N) is 3. The van der Waals surface area contributed by atoms with E-state index in [0.29, 0.717) is 17.3 Å². The van der Waals surface area contributed by atoms with Gasteiger partial charge >= 0.3 is 0 Å². The average molecular weight is 384 g/mol. The highest BCUT2D eigenvalue weighted by molar-refractivity contribution is 5.97. The Bertz CT molecular complexity index is 847. The molecule has 0 radical (unpaired) electrons. The van der Waals surface area contributed by atoms with Crippen LogP contribution in [0.4, 0.5) is 17.3 Å². The molecule has 1 aliphatic rings. The van der Waals surface area contributed by atoms with Crippen molar-refractivity contribution in [2.75, 3.05) is 10.6 Å². The highest BCUT2D eigenvalue weighted by Crippen LogP contribution is 2.26. The number of rotatable bonds is 5. The van der Waals surface area contributed by atoms with Crippen molar-refractivity contribution < 1.29 is 4.79 Å². The van der Waals surface area contributed by atoms with Crippen molar-refractivity contribution in [3.05, 3.63) is 35.7 Å². The van der Waals surface area contributed by atoms with Crippen molar-refractivity contribution in [1.29, 1.82) is 0 Å². The van der Waals surface area contributed by atoms with Crippen LogP contribution in [0.5, 0.6) is 0 Å². The molecule has 0 bridgehead atoms. The molecule has 6 N–H and O–H groups in total. The van der Waals surface area contributed by atoms with E-state index in [2.05, 4.69) is 46.6 Å². The van der Waals surface area contributed by atoms with Crippen LogP contribution in [0, 0.1) is 0 Å². The molecule has 2 aromatic rings. The molecule has 2 aromatic heterocycles. The predicted molar refractivity (Wildman–Crippen MR) is 111 cm³/mol. The van der Waals surface area contributed by atoms with Gasteiger partial charge in [-0.05, 0) is 25.0 Å². The van der Waals surface area contributed by atoms with Gasteiger partial charge in [0.05, 0.1) is 5.69 Å². The van der Waals surface area contributed by atoms with E-state index in [9.17, 15) is 4.79 Å². The largest absolute Gasteiger partial charge is 0.364 e. The molecule has 1 saturated carbocycles. The second-order valence-electron chi connectivity index (χ2n) is 8.34. The Balaban J connectivity index is 1.87. The average Bonchev–Trinajstić information content (AvgIpc) is 2.63. The number of pyridine rings is 1. The molecule has 0 saturated heterocycles. The maximum atomic E-state index is 11.8. The fourth-order valence-corrected chi connectivity index (χ4v) is 3.33. The highest BCUT2D eigenvalue weighted by atomic mass is 16.1. The summed E-state index contributed by atoms with van der Waals surface area (Å²) in [6.45, 7) is 6.28. The van der Waals surface area contributed by atoms with Crippen molar-refractivity contribution >= 4 is 23.2 Å². The summed E-state index contributed by atoms with van der Waals surface area (Å²) in [6.07, 6.45) is 4.25. The van der Waals surface area contributed by atoms with Gasteiger partial charge in [-0.15, -0.1) is 10.2 Å². The lowest BCUT2D eigenvalue weighted by Gasteiger charge is -2.29. The van der Waals surface area contributed by atoms with Crippen LogP contribution in [0.1, 0.15) is 62.6 Å². The van der Waals surface area contributed by atoms with E-state index >= 15 is 0 Å². The number of hydrogen-bond acceptors (Lipinski definition) is 7. The minimum Gasteiger partial charge on any atom is -0.364 e. The van der Waals surface area contributed by atoms with E-state index in [1.165, 1.54) is 0 Å². The highest BCUT2D eigenvalue weighted by Gasteiger charge is 2.23. The quantitative estimate of drug-likeness (QED) is 0.624. The number of anilines is 3. The van der Waals surface area contributed by atoms with Crippen LogP contribution in [-0.4, -0.2) is 33.2 Å². The molecule has 2 unspecified atom stereocenters. The molecule has 1 aliphatic carbocycles. The van der Waals surface area contributed by atoms with Gasteiger partial charge in [-0.3, -0.25) is 4.79 Å². The van der Waals surface area contributed by atoms with Crippen LogP contribution in [0.3, 0.4) is 0 Å². The zero-order valence-corrected chi connectivity index (χ0v) is 16.7. The Morgan fingerprint density at radius 1 is 1.14 bits per heavy atom. The van der Waals surface area contributed by atoms with E-state index < -0.39 is 5.91 Å². The molecule has 150 valence electrons. The van der Waals surface area contributed by atoms with Crippen LogP contribution in [-0.2, 0) is 5.41 Å². The Morgan fingerprint density at radius 2 is 1.89 bits per heavy atom. The molecule has 3 rings (SSSR count). The second-order valence-corrected chi connectivity index (χ2v) is 8.34. The Kier molecular flexibility index (Phi) is 5.79. The fourth-order valence-electron chi connectivity index (χ4n) is 3.33. The standard InChI is InChI=1S/C20H29N7O/c1-20(2,3)15-9-6-10-16(25-15)24-14-11-17(26-27-18(14)19(22)28)23-13-8-5-4-7-12(13)21/h6,9-13H,4-5,7-8,21H2,1-3H3,(H2,22,28)(H2,23,24,25,26). The van der Waals surface area contributed by atoms with Crippen molar-refractivity contribution in [3.63, 3.8) is 0 Å². The number of nitrogens with two attached hydrogens (primary N) is 2. The van der Waals surface area contributed by atoms with E-state index in [0.717, 1.165) is 31.4 Å². The van der Waals surface area contributed by atoms with Gasteiger partial charge in [0.15, 0.2) is 11.5 Å². The van der Waals surface area contributed by atoms with Crippen molar-refractivity contribution in [3.8, 4) is 0 Å². The molecule has 8 nitrogen and oxygen atoms in total. The summed E-state index contributed by atoms with van der Waals surface area (Å²) < 4.78 is 0. The Hall–Kier alpha value is -2.74. The maximum Gasteiger partial charge on any atom is 0.271 e. The molecular weight excluding hydrogens is 354 g/mol. The topological polar surface area (TPSA) is 132 Å². The van der Waals surface area contributed by atoms with Gasteiger partial charge in [0.25, 0.3) is 5.91 Å². The van der Waals surface area contributed by atoms with Crippen LogP contribution in [0.15, 0.2) is 24.3 Å². The van der Waals surface area contributed by atoms with Gasteiger partial charge in [0, 0.05) is 29.3 Å². The molecule has 28 heavy (non-hydrogen) atoms. The van der Waals surface area contributed by atoms with Gasteiger partial charge in [-0.2, -0.15) is 0 Å². The number of aromatic nitrogens is 3. The van der Waals surface area contributed by atoms with Gasteiger partial charge in [-0.1, -0.05) is 39.7 Å². The first-order chi connectivity index (χ1) is 13.2. The normalized spacial score (nSPS) is 19.9. The molecule has 8 heteroatoms. The number of carbonyl (C=O) groups excluding carboxylic acids is 1. The number of carbonyl (C=O) groups is 1. The molecular formula is C20H29N7O. The smallest absolute Gasteiger partial charge is 0.271 e. The third-order valence-electron chi connectivity index (χ3n) is 4.96. The zero-order valence-electron chi connectivity index (χ0n) is 16.7. The molecule has 1 fully saturated rings. The van der Waals surface area contributed by atoms with Gasteiger partial charge in [0.1, 0.15) is 5.82 Å². The Morgan fingerprint density at radius 3 is 2.57 bits per heavy atom. The summed E-state index contributed by atoms with van der Waals surface area (Å²) in [4.78, 5) is 16.5. The number of nitrogens with one attached hydrogen (secondary N) is 2. The third-order valence-corrected chi connectivity index (χ3v) is 4.96. The van der Waals surface area contributed by atoms with Crippen molar-refractivity contribution in [2.45, 2.75) is 64.0 Å². The number of hydrogen-bond donors (Lipinski definition) is 4. The predicted octanol–water partition coefficient (Wildman–Crippen LogP) is 2.69. The van der Waals surface area contributed by atoms with E-state index in [4.69, 9.17) is 11.5 Å². The summed E-state index contributed by atoms with van der Waals surface area (Å²) in [5.74, 6) is 0.521. The minimum absolute atomic E-state index is 0.0708. The first kappa shape index (κ1) is 20.0. The first-order valence-electron chi connectivity index (χ1n) is 9.68. The zero-order chi connectivity index (χ0) is 20.3. The molecule has 0 aromatic carbocycles. The second kappa shape index (κ2) is 8.10. The van der Waals surface area contributed by atoms with Crippen LogP contribution < -0.4 is 22.1 Å². The summed E-state index contributed by atoms with van der Waals surface area (Å²) in [5, 5.41) is 14.6. The van der Waals surface area contributed by atoms with Crippen molar-refractivity contribution in [2.24, 2.45) is 11.5 Å². The summed E-state index contributed by atoms with van der Waals surface area (Å²) in [6, 6.07) is 7.69. The van der Waals surface area contributed by atoms with E-state index in [-0.39, 0.29) is 23.2 Å². The monoisotopic (exact) mass is 383 g/mol. The van der Waals surface area contributed by atoms with E-state index in [1.807, 2.05) is 18.2 Å². The lowest BCUT2D eigenvalue weighted by atomic mass is 9.91. The van der Waals surface area contributed by atoms with Crippen LogP contribution >= 0.6 is 0 Å². The lowest BCUT2D eigenvalue weighted by molar-refractivity contribution is 0.0995. The molecule has 0 spiro atoms. The summed E-state index contributed by atoms with van der Waals surface area (Å²) >= 11 is 0. The lowest BCUT2D eigenvalue weighted by Crippen LogP contribution is -2.42. The van der Waals surface area contributed by atoms with E-state index in [1.54, 1.807) is 6.07 Å². The van der Waals surface area contributed by atoms with Gasteiger partial charge in [-0.25, -0.2) is 4.98 Å². The summed E-state index contributed by atoms with van der Waals surface area (Å²) in [5.41, 5.74) is 13.1. The first-order valence-corrected chi connectivity index (χ1v) is 9.68. The molecule has 0 aliphatic heterocycles. The van der Waals surface area contributed by atoms with Gasteiger partial charge < -0.3 is 22.1 Å². The minimum atomic E-state index is -0.650. The van der Waals surface area contributed by atoms with Gasteiger partial charge in [0.2, 0.25) is 0 Å². The van der Waals surface area contributed by atoms with Crippen LogP contribution in [0.2, 0.25) is 0 Å². The Labute approximate surface area is 165 Å². The molecule has 2 atom stereocenters. The SMILES string of the molecule is CC(C)(C)c1cccc(Nc2cc(NC3CCCCC3N)nnc2C(N)=O)n1. The maximum absolute atomic E-state index is 11.8. The fraction of sp³-hybridized carbons (Fsp3) is 0.500. The number of primary amides is 1. The molecule has 1 amide bonds. The summed E-state index contributed by atoms with van der Waals surface area (Å²) in [7, 11) is 0. The van der Waals surface area contributed by atoms with Crippen LogP contribution in [0.25, 0.3) is 0 Å². The third kappa shape index (κ3) is 4.75. The number of amides is 1. The van der Waals surface area contributed by atoms with Crippen molar-refractivity contribution in [1.82, 2.24) is 15.2 Å².